The normalized spacial score (nSPS) is 10.3. The van der Waals surface area contributed by atoms with Crippen LogP contribution in [0.4, 0.5) is 11.4 Å². The molecular weight excluding hydrogens is 316 g/mol. The highest BCUT2D eigenvalue weighted by molar-refractivity contribution is 5.96. The van der Waals surface area contributed by atoms with Crippen LogP contribution in [0.25, 0.3) is 10.8 Å². The fourth-order valence-electron chi connectivity index (χ4n) is 2.53. The second kappa shape index (κ2) is 7.49. The van der Waals surface area contributed by atoms with Crippen LogP contribution in [-0.4, -0.2) is 25.5 Å². The molecule has 0 fully saturated rings. The van der Waals surface area contributed by atoms with Crippen molar-refractivity contribution in [2.24, 2.45) is 0 Å². The molecule has 0 unspecified atom stereocenters. The molecule has 5 nitrogen and oxygen atoms in total. The van der Waals surface area contributed by atoms with Gasteiger partial charge >= 0.3 is 5.97 Å². The Balaban J connectivity index is 1.61. The number of benzene rings is 3. The van der Waals surface area contributed by atoms with Gasteiger partial charge in [-0.15, -0.1) is 0 Å². The summed E-state index contributed by atoms with van der Waals surface area (Å²) in [6, 6.07) is 20.6. The minimum Gasteiger partial charge on any atom is -0.465 e. The van der Waals surface area contributed by atoms with Gasteiger partial charge < -0.3 is 15.4 Å². The van der Waals surface area contributed by atoms with Gasteiger partial charge in [0.15, 0.2) is 0 Å². The average molecular weight is 334 g/mol. The molecule has 0 saturated heterocycles. The van der Waals surface area contributed by atoms with E-state index in [4.69, 9.17) is 0 Å². The Kier molecular flexibility index (Phi) is 4.95. The zero-order chi connectivity index (χ0) is 17.6. The fourth-order valence-corrected chi connectivity index (χ4v) is 2.53. The number of carbonyl (C=O) groups excluding carboxylic acids is 2. The van der Waals surface area contributed by atoms with E-state index in [2.05, 4.69) is 15.4 Å². The van der Waals surface area contributed by atoms with Gasteiger partial charge in [0.1, 0.15) is 0 Å². The summed E-state index contributed by atoms with van der Waals surface area (Å²) in [7, 11) is 1.33. The largest absolute Gasteiger partial charge is 0.465 e. The van der Waals surface area contributed by atoms with E-state index in [1.54, 1.807) is 24.3 Å². The van der Waals surface area contributed by atoms with Crippen LogP contribution in [0.15, 0.2) is 66.7 Å². The SMILES string of the molecule is COC(=O)c1cccc(NCC(=O)Nc2ccc3ccccc3c2)c1. The average Bonchev–Trinajstić information content (AvgIpc) is 2.66. The van der Waals surface area contributed by atoms with Gasteiger partial charge in [-0.1, -0.05) is 36.4 Å². The first-order valence-corrected chi connectivity index (χ1v) is 7.86. The van der Waals surface area contributed by atoms with Gasteiger partial charge in [-0.3, -0.25) is 4.79 Å². The summed E-state index contributed by atoms with van der Waals surface area (Å²) in [5.74, 6) is -0.581. The molecule has 0 saturated carbocycles. The molecule has 0 aliphatic rings. The number of fused-ring (bicyclic) bond motifs is 1. The monoisotopic (exact) mass is 334 g/mol. The summed E-state index contributed by atoms with van der Waals surface area (Å²) in [6.45, 7) is 0.0947. The summed E-state index contributed by atoms with van der Waals surface area (Å²) in [4.78, 5) is 23.7. The molecule has 0 bridgehead atoms. The number of ether oxygens (including phenoxy) is 1. The molecule has 0 radical (unpaired) electrons. The predicted octanol–water partition coefficient (Wildman–Crippen LogP) is 3.68. The summed E-state index contributed by atoms with van der Waals surface area (Å²) in [5, 5.41) is 8.05. The Morgan fingerprint density at radius 1 is 0.880 bits per heavy atom. The zero-order valence-corrected chi connectivity index (χ0v) is 13.8. The van der Waals surface area contributed by atoms with E-state index in [0.29, 0.717) is 11.3 Å². The second-order valence-electron chi connectivity index (χ2n) is 5.54. The lowest BCUT2D eigenvalue weighted by Crippen LogP contribution is -2.21. The van der Waals surface area contributed by atoms with Gasteiger partial charge in [-0.25, -0.2) is 4.79 Å². The number of rotatable bonds is 5. The molecular formula is C20H18N2O3. The van der Waals surface area contributed by atoms with Crippen molar-refractivity contribution >= 4 is 34.0 Å². The second-order valence-corrected chi connectivity index (χ2v) is 5.54. The number of hydrogen-bond donors (Lipinski definition) is 2. The smallest absolute Gasteiger partial charge is 0.337 e. The van der Waals surface area contributed by atoms with Gasteiger partial charge in [0, 0.05) is 11.4 Å². The van der Waals surface area contributed by atoms with E-state index in [-0.39, 0.29) is 12.5 Å². The minimum atomic E-state index is -0.413. The zero-order valence-electron chi connectivity index (χ0n) is 13.8. The first kappa shape index (κ1) is 16.5. The summed E-state index contributed by atoms with van der Waals surface area (Å²) < 4.78 is 4.68. The molecule has 0 atom stereocenters. The van der Waals surface area contributed by atoms with Crippen molar-refractivity contribution in [3.05, 3.63) is 72.3 Å². The van der Waals surface area contributed by atoms with Crippen molar-refractivity contribution in [2.45, 2.75) is 0 Å². The van der Waals surface area contributed by atoms with Crippen molar-refractivity contribution in [3.8, 4) is 0 Å². The number of nitrogens with one attached hydrogen (secondary N) is 2. The van der Waals surface area contributed by atoms with Gasteiger partial charge in [0.2, 0.25) is 5.91 Å². The van der Waals surface area contributed by atoms with Crippen LogP contribution < -0.4 is 10.6 Å². The van der Waals surface area contributed by atoms with Crippen LogP contribution in [0.5, 0.6) is 0 Å². The topological polar surface area (TPSA) is 67.4 Å². The molecule has 5 heteroatoms. The summed E-state index contributed by atoms with van der Waals surface area (Å²) >= 11 is 0. The summed E-state index contributed by atoms with van der Waals surface area (Å²) in [6.07, 6.45) is 0. The van der Waals surface area contributed by atoms with Crippen LogP contribution in [0.3, 0.4) is 0 Å². The molecule has 1 amide bonds. The first-order chi connectivity index (χ1) is 12.2. The third-order valence-electron chi connectivity index (χ3n) is 3.77. The van der Waals surface area contributed by atoms with Crippen molar-refractivity contribution in [3.63, 3.8) is 0 Å². The number of anilines is 2. The highest BCUT2D eigenvalue weighted by Gasteiger charge is 2.07. The lowest BCUT2D eigenvalue weighted by Gasteiger charge is -2.09. The standard InChI is InChI=1S/C20H18N2O3/c1-25-20(24)16-7-4-8-17(12-16)21-13-19(23)22-18-10-9-14-5-2-3-6-15(14)11-18/h2-12,21H,13H2,1H3,(H,22,23). The molecule has 25 heavy (non-hydrogen) atoms. The maximum Gasteiger partial charge on any atom is 0.337 e. The molecule has 3 aromatic carbocycles. The van der Waals surface area contributed by atoms with Crippen LogP contribution in [-0.2, 0) is 9.53 Å². The maximum atomic E-state index is 12.1. The Morgan fingerprint density at radius 3 is 2.48 bits per heavy atom. The lowest BCUT2D eigenvalue weighted by atomic mass is 10.1. The number of methoxy groups -OCH3 is 1. The van der Waals surface area contributed by atoms with Crippen molar-refractivity contribution in [1.29, 1.82) is 0 Å². The Labute approximate surface area is 145 Å². The Morgan fingerprint density at radius 2 is 1.68 bits per heavy atom. The van der Waals surface area contributed by atoms with E-state index >= 15 is 0 Å². The molecule has 2 N–H and O–H groups in total. The molecule has 0 aliphatic carbocycles. The molecule has 0 heterocycles. The first-order valence-electron chi connectivity index (χ1n) is 7.86. The van der Waals surface area contributed by atoms with Crippen molar-refractivity contribution in [1.82, 2.24) is 0 Å². The molecule has 126 valence electrons. The molecule has 3 rings (SSSR count). The number of esters is 1. The van der Waals surface area contributed by atoms with Crippen molar-refractivity contribution < 1.29 is 14.3 Å². The van der Waals surface area contributed by atoms with Gasteiger partial charge in [0.25, 0.3) is 0 Å². The van der Waals surface area contributed by atoms with Crippen LogP contribution in [0.2, 0.25) is 0 Å². The van der Waals surface area contributed by atoms with Crippen molar-refractivity contribution in [2.75, 3.05) is 24.3 Å². The van der Waals surface area contributed by atoms with E-state index in [0.717, 1.165) is 16.5 Å². The van der Waals surface area contributed by atoms with E-state index in [9.17, 15) is 9.59 Å². The van der Waals surface area contributed by atoms with Crippen LogP contribution in [0.1, 0.15) is 10.4 Å². The Bertz CT molecular complexity index is 921. The molecule has 0 aromatic heterocycles. The van der Waals surface area contributed by atoms with Crippen LogP contribution in [0, 0.1) is 0 Å². The Hall–Kier alpha value is -3.34. The van der Waals surface area contributed by atoms with E-state index in [1.807, 2.05) is 42.5 Å². The molecule has 0 spiro atoms. The van der Waals surface area contributed by atoms with E-state index < -0.39 is 5.97 Å². The van der Waals surface area contributed by atoms with Crippen LogP contribution >= 0.6 is 0 Å². The highest BCUT2D eigenvalue weighted by atomic mass is 16.5. The summed E-state index contributed by atoms with van der Waals surface area (Å²) in [5.41, 5.74) is 1.85. The maximum absolute atomic E-state index is 12.1. The number of amides is 1. The lowest BCUT2D eigenvalue weighted by molar-refractivity contribution is -0.114. The molecule has 3 aromatic rings. The van der Waals surface area contributed by atoms with Gasteiger partial charge in [-0.2, -0.15) is 0 Å². The van der Waals surface area contributed by atoms with E-state index in [1.165, 1.54) is 7.11 Å². The predicted molar refractivity (Wildman–Crippen MR) is 98.8 cm³/mol. The quantitative estimate of drug-likeness (QED) is 0.699. The van der Waals surface area contributed by atoms with Gasteiger partial charge in [-0.05, 0) is 41.1 Å². The highest BCUT2D eigenvalue weighted by Crippen LogP contribution is 2.19. The molecule has 0 aliphatic heterocycles. The third kappa shape index (κ3) is 4.14. The van der Waals surface area contributed by atoms with Gasteiger partial charge in [0.05, 0.1) is 19.2 Å². The fraction of sp³-hybridized carbons (Fsp3) is 0.100. The third-order valence-corrected chi connectivity index (χ3v) is 3.77. The number of carbonyl (C=O) groups is 2. The number of hydrogen-bond acceptors (Lipinski definition) is 4. The minimum absolute atomic E-state index is 0.0947.